The lowest BCUT2D eigenvalue weighted by atomic mass is 9.89. The standard InChI is InChI=1S/C18H36N4O2/c1-4-19-16(20-13-17(2)7-5-6-8-17)21-14-18(3,23)15-22-9-11-24-12-10-22/h23H,4-15H2,1-3H3,(H2,19,20,21). The van der Waals surface area contributed by atoms with Crippen molar-refractivity contribution in [2.24, 2.45) is 10.4 Å². The molecule has 24 heavy (non-hydrogen) atoms. The van der Waals surface area contributed by atoms with E-state index in [2.05, 4.69) is 34.4 Å². The normalized spacial score (nSPS) is 24.6. The van der Waals surface area contributed by atoms with Crippen molar-refractivity contribution < 1.29 is 9.84 Å². The Labute approximate surface area is 147 Å². The molecular weight excluding hydrogens is 304 g/mol. The number of β-amino-alcohol motifs (C(OH)–C–C–N with tert-alkyl or cyclic N) is 1. The monoisotopic (exact) mass is 340 g/mol. The summed E-state index contributed by atoms with van der Waals surface area (Å²) in [5, 5.41) is 17.4. The SMILES string of the molecule is CCNC(=NCC(C)(O)CN1CCOCC1)NCC1(C)CCCC1. The van der Waals surface area contributed by atoms with Gasteiger partial charge in [-0.15, -0.1) is 0 Å². The van der Waals surface area contributed by atoms with Crippen LogP contribution in [-0.2, 0) is 4.74 Å². The van der Waals surface area contributed by atoms with Crippen LogP contribution >= 0.6 is 0 Å². The molecule has 1 heterocycles. The Morgan fingerprint density at radius 1 is 1.25 bits per heavy atom. The second-order valence-corrected chi connectivity index (χ2v) is 7.95. The van der Waals surface area contributed by atoms with E-state index in [0.29, 0.717) is 18.5 Å². The van der Waals surface area contributed by atoms with Crippen molar-refractivity contribution in [3.63, 3.8) is 0 Å². The van der Waals surface area contributed by atoms with Crippen LogP contribution in [0.15, 0.2) is 4.99 Å². The Kier molecular flexibility index (Phi) is 7.32. The van der Waals surface area contributed by atoms with E-state index in [1.165, 1.54) is 25.7 Å². The number of ether oxygens (including phenoxy) is 1. The molecular formula is C18H36N4O2. The van der Waals surface area contributed by atoms with Crippen molar-refractivity contribution in [3.8, 4) is 0 Å². The van der Waals surface area contributed by atoms with Crippen LogP contribution in [0, 0.1) is 5.41 Å². The van der Waals surface area contributed by atoms with Gasteiger partial charge >= 0.3 is 0 Å². The highest BCUT2D eigenvalue weighted by atomic mass is 16.5. The molecule has 1 unspecified atom stereocenters. The highest BCUT2D eigenvalue weighted by Gasteiger charge is 2.29. The molecule has 1 aliphatic heterocycles. The number of morpholine rings is 1. The number of aliphatic hydroxyl groups is 1. The maximum Gasteiger partial charge on any atom is 0.191 e. The predicted molar refractivity (Wildman–Crippen MR) is 98.4 cm³/mol. The lowest BCUT2D eigenvalue weighted by Crippen LogP contribution is -2.48. The number of guanidine groups is 1. The summed E-state index contributed by atoms with van der Waals surface area (Å²) in [6, 6.07) is 0. The molecule has 6 nitrogen and oxygen atoms in total. The zero-order valence-electron chi connectivity index (χ0n) is 15.7. The van der Waals surface area contributed by atoms with Gasteiger partial charge in [0.15, 0.2) is 5.96 Å². The van der Waals surface area contributed by atoms with Gasteiger partial charge in [-0.25, -0.2) is 0 Å². The third kappa shape index (κ3) is 6.57. The minimum Gasteiger partial charge on any atom is -0.387 e. The Morgan fingerprint density at radius 3 is 2.54 bits per heavy atom. The number of rotatable bonds is 7. The van der Waals surface area contributed by atoms with Crippen molar-refractivity contribution in [1.29, 1.82) is 0 Å². The first-order valence-electron chi connectivity index (χ1n) is 9.47. The van der Waals surface area contributed by atoms with Crippen LogP contribution in [0.2, 0.25) is 0 Å². The van der Waals surface area contributed by atoms with Gasteiger partial charge in [0.05, 0.1) is 25.4 Å². The van der Waals surface area contributed by atoms with E-state index in [1.807, 2.05) is 6.92 Å². The first kappa shape index (κ1) is 19.5. The Balaban J connectivity index is 1.83. The summed E-state index contributed by atoms with van der Waals surface area (Å²) in [6.45, 7) is 12.4. The summed E-state index contributed by atoms with van der Waals surface area (Å²) < 4.78 is 5.36. The van der Waals surface area contributed by atoms with Crippen LogP contribution in [0.25, 0.3) is 0 Å². The second-order valence-electron chi connectivity index (χ2n) is 7.95. The van der Waals surface area contributed by atoms with Gasteiger partial charge in [-0.1, -0.05) is 19.8 Å². The van der Waals surface area contributed by atoms with E-state index in [4.69, 9.17) is 4.74 Å². The molecule has 6 heteroatoms. The summed E-state index contributed by atoms with van der Waals surface area (Å²) >= 11 is 0. The van der Waals surface area contributed by atoms with Gasteiger partial charge in [0.1, 0.15) is 0 Å². The van der Waals surface area contributed by atoms with E-state index < -0.39 is 5.60 Å². The van der Waals surface area contributed by atoms with Crippen LogP contribution in [0.3, 0.4) is 0 Å². The topological polar surface area (TPSA) is 69.1 Å². The van der Waals surface area contributed by atoms with Crippen molar-refractivity contribution >= 4 is 5.96 Å². The molecule has 1 saturated carbocycles. The summed E-state index contributed by atoms with van der Waals surface area (Å²) in [5.41, 5.74) is -0.441. The summed E-state index contributed by atoms with van der Waals surface area (Å²) in [6.07, 6.45) is 5.24. The van der Waals surface area contributed by atoms with E-state index >= 15 is 0 Å². The van der Waals surface area contributed by atoms with Gasteiger partial charge in [-0.2, -0.15) is 0 Å². The molecule has 0 radical (unpaired) electrons. The smallest absolute Gasteiger partial charge is 0.191 e. The highest BCUT2D eigenvalue weighted by Crippen LogP contribution is 2.36. The molecule has 0 aromatic carbocycles. The second kappa shape index (κ2) is 9.02. The predicted octanol–water partition coefficient (Wildman–Crippen LogP) is 1.21. The number of hydrogen-bond acceptors (Lipinski definition) is 4. The van der Waals surface area contributed by atoms with E-state index in [-0.39, 0.29) is 0 Å². The van der Waals surface area contributed by atoms with Crippen molar-refractivity contribution in [3.05, 3.63) is 0 Å². The summed E-state index contributed by atoms with van der Waals surface area (Å²) in [7, 11) is 0. The Morgan fingerprint density at radius 2 is 1.92 bits per heavy atom. The number of hydrogen-bond donors (Lipinski definition) is 3. The quantitative estimate of drug-likeness (QED) is 0.480. The third-order valence-electron chi connectivity index (χ3n) is 5.08. The van der Waals surface area contributed by atoms with Crippen molar-refractivity contribution in [2.45, 2.75) is 52.1 Å². The lowest BCUT2D eigenvalue weighted by Gasteiger charge is -2.33. The Hall–Kier alpha value is -0.850. The molecule has 0 bridgehead atoms. The molecule has 0 spiro atoms. The molecule has 2 fully saturated rings. The maximum absolute atomic E-state index is 10.7. The maximum atomic E-state index is 10.7. The van der Waals surface area contributed by atoms with Crippen molar-refractivity contribution in [1.82, 2.24) is 15.5 Å². The Bertz CT molecular complexity index is 400. The molecule has 1 aliphatic carbocycles. The van der Waals surface area contributed by atoms with Crippen LogP contribution in [0.1, 0.15) is 46.5 Å². The molecule has 2 aliphatic rings. The minimum absolute atomic E-state index is 0.381. The average Bonchev–Trinajstić information content (AvgIpc) is 2.98. The average molecular weight is 341 g/mol. The molecule has 0 aromatic rings. The summed E-state index contributed by atoms with van der Waals surface area (Å²) in [5.74, 6) is 0.813. The van der Waals surface area contributed by atoms with Crippen LogP contribution < -0.4 is 10.6 Å². The van der Waals surface area contributed by atoms with Crippen LogP contribution in [0.4, 0.5) is 0 Å². The van der Waals surface area contributed by atoms with E-state index in [0.717, 1.165) is 45.4 Å². The number of nitrogens with one attached hydrogen (secondary N) is 2. The van der Waals surface area contributed by atoms with E-state index in [9.17, 15) is 5.11 Å². The van der Waals surface area contributed by atoms with Gasteiger partial charge in [-0.05, 0) is 32.1 Å². The molecule has 0 amide bonds. The third-order valence-corrected chi connectivity index (χ3v) is 5.08. The molecule has 2 rings (SSSR count). The van der Waals surface area contributed by atoms with Gasteiger partial charge in [-0.3, -0.25) is 9.89 Å². The lowest BCUT2D eigenvalue weighted by molar-refractivity contribution is -0.0180. The summed E-state index contributed by atoms with van der Waals surface area (Å²) in [4.78, 5) is 6.88. The van der Waals surface area contributed by atoms with Gasteiger partial charge in [0, 0.05) is 32.7 Å². The minimum atomic E-state index is -0.822. The van der Waals surface area contributed by atoms with Crippen molar-refractivity contribution in [2.75, 3.05) is 52.5 Å². The number of nitrogens with zero attached hydrogens (tertiary/aromatic N) is 2. The fourth-order valence-electron chi connectivity index (χ4n) is 3.58. The van der Waals surface area contributed by atoms with Crippen LogP contribution in [0.5, 0.6) is 0 Å². The van der Waals surface area contributed by atoms with Crippen LogP contribution in [-0.4, -0.2) is 74.0 Å². The highest BCUT2D eigenvalue weighted by molar-refractivity contribution is 5.79. The zero-order chi connectivity index (χ0) is 17.5. The molecule has 3 N–H and O–H groups in total. The largest absolute Gasteiger partial charge is 0.387 e. The van der Waals surface area contributed by atoms with E-state index in [1.54, 1.807) is 0 Å². The first-order valence-corrected chi connectivity index (χ1v) is 9.47. The fourth-order valence-corrected chi connectivity index (χ4v) is 3.58. The molecule has 140 valence electrons. The fraction of sp³-hybridized carbons (Fsp3) is 0.944. The number of aliphatic imine (C=N–C) groups is 1. The molecule has 1 atom stereocenters. The first-order chi connectivity index (χ1) is 11.4. The van der Waals surface area contributed by atoms with Gasteiger partial charge in [0.25, 0.3) is 0 Å². The van der Waals surface area contributed by atoms with Gasteiger partial charge < -0.3 is 20.5 Å². The molecule has 1 saturated heterocycles. The molecule has 0 aromatic heterocycles. The zero-order valence-corrected chi connectivity index (χ0v) is 15.7. The van der Waals surface area contributed by atoms with Gasteiger partial charge in [0.2, 0.25) is 0 Å².